The third kappa shape index (κ3) is 4.70. The molecule has 1 aliphatic heterocycles. The number of piperidine rings is 1. The van der Waals surface area contributed by atoms with Gasteiger partial charge in [0.15, 0.2) is 6.23 Å². The summed E-state index contributed by atoms with van der Waals surface area (Å²) in [6.45, 7) is 14.5. The average Bonchev–Trinajstić information content (AvgIpc) is 2.43. The molecule has 0 bridgehead atoms. The Morgan fingerprint density at radius 1 is 1.12 bits per heavy atom. The maximum absolute atomic E-state index is 13.0. The number of carbonyl (C=O) groups is 1. The second-order valence-corrected chi connectivity index (χ2v) is 9.06. The van der Waals surface area contributed by atoms with E-state index in [4.69, 9.17) is 10.5 Å². The van der Waals surface area contributed by atoms with Gasteiger partial charge >= 0.3 is 6.03 Å². The number of benzene rings is 1. The van der Waals surface area contributed by atoms with Crippen molar-refractivity contribution in [2.24, 2.45) is 5.73 Å². The molecule has 5 heteroatoms. The summed E-state index contributed by atoms with van der Waals surface area (Å²) in [6, 6.07) is 8.02. The second kappa shape index (κ2) is 7.47. The Balaban J connectivity index is 2.03. The summed E-state index contributed by atoms with van der Waals surface area (Å²) in [7, 11) is 0. The lowest BCUT2D eigenvalue weighted by atomic mass is 9.77. The molecule has 1 fully saturated rings. The van der Waals surface area contributed by atoms with Gasteiger partial charge in [0.1, 0.15) is 5.75 Å². The standard InChI is InChI=1S/C21H35N3O2/c1-14(2)16-8-10-18(11-9-16)26-15(3)23-19(25)24-20(4,5)12-17(22)13-21(24,6)7/h8-11,14-15,17H,12-13,22H2,1-7H3,(H,23,25). The Kier molecular flexibility index (Phi) is 5.91. The molecule has 1 aliphatic rings. The first kappa shape index (κ1) is 20.6. The Bertz CT molecular complexity index is 605. The topological polar surface area (TPSA) is 67.6 Å². The van der Waals surface area contributed by atoms with Gasteiger partial charge in [-0.15, -0.1) is 0 Å². The number of amides is 2. The summed E-state index contributed by atoms with van der Waals surface area (Å²) in [5, 5.41) is 2.99. The van der Waals surface area contributed by atoms with Crippen LogP contribution in [0.3, 0.4) is 0 Å². The van der Waals surface area contributed by atoms with E-state index in [0.717, 1.165) is 18.6 Å². The minimum Gasteiger partial charge on any atom is -0.471 e. The smallest absolute Gasteiger partial charge is 0.321 e. The zero-order valence-corrected chi connectivity index (χ0v) is 17.3. The van der Waals surface area contributed by atoms with E-state index in [2.05, 4.69) is 59.0 Å². The SMILES string of the molecule is CC(NC(=O)N1C(C)(C)CC(N)CC1(C)C)Oc1ccc(C(C)C)cc1. The first-order chi connectivity index (χ1) is 11.9. The quantitative estimate of drug-likeness (QED) is 0.789. The minimum atomic E-state index is -0.422. The van der Waals surface area contributed by atoms with Crippen molar-refractivity contribution >= 4 is 6.03 Å². The van der Waals surface area contributed by atoms with Crippen LogP contribution in [-0.2, 0) is 0 Å². The van der Waals surface area contributed by atoms with E-state index in [1.165, 1.54) is 5.56 Å². The number of nitrogens with one attached hydrogen (secondary N) is 1. The summed E-state index contributed by atoms with van der Waals surface area (Å²) >= 11 is 0. The summed E-state index contributed by atoms with van der Waals surface area (Å²) in [4.78, 5) is 14.9. The number of carbonyl (C=O) groups excluding carboxylic acids is 1. The number of nitrogens with zero attached hydrogens (tertiary/aromatic N) is 1. The van der Waals surface area contributed by atoms with Crippen molar-refractivity contribution in [1.29, 1.82) is 0 Å². The fraction of sp³-hybridized carbons (Fsp3) is 0.667. The van der Waals surface area contributed by atoms with Gasteiger partial charge in [0.25, 0.3) is 0 Å². The van der Waals surface area contributed by atoms with Crippen molar-refractivity contribution in [3.8, 4) is 5.75 Å². The van der Waals surface area contributed by atoms with Crippen molar-refractivity contribution in [1.82, 2.24) is 10.2 Å². The van der Waals surface area contributed by atoms with E-state index in [1.54, 1.807) is 0 Å². The third-order valence-corrected chi connectivity index (χ3v) is 5.12. The molecule has 1 saturated heterocycles. The van der Waals surface area contributed by atoms with E-state index in [0.29, 0.717) is 5.92 Å². The fourth-order valence-corrected chi connectivity index (χ4v) is 4.31. The predicted octanol–water partition coefficient (Wildman–Crippen LogP) is 4.22. The summed E-state index contributed by atoms with van der Waals surface area (Å²) in [5.74, 6) is 1.23. The molecule has 1 atom stereocenters. The van der Waals surface area contributed by atoms with E-state index in [-0.39, 0.29) is 23.2 Å². The van der Waals surface area contributed by atoms with Crippen LogP contribution in [0.25, 0.3) is 0 Å². The molecule has 146 valence electrons. The van der Waals surface area contributed by atoms with Crippen LogP contribution in [0.1, 0.15) is 72.8 Å². The maximum Gasteiger partial charge on any atom is 0.321 e. The van der Waals surface area contributed by atoms with Crippen LogP contribution in [-0.4, -0.2) is 34.3 Å². The first-order valence-electron chi connectivity index (χ1n) is 9.55. The Labute approximate surface area is 158 Å². The van der Waals surface area contributed by atoms with Gasteiger partial charge in [-0.25, -0.2) is 4.79 Å². The molecule has 1 heterocycles. The van der Waals surface area contributed by atoms with Crippen LogP contribution in [0.4, 0.5) is 4.79 Å². The van der Waals surface area contributed by atoms with Gasteiger partial charge in [-0.3, -0.25) is 0 Å². The molecule has 0 saturated carbocycles. The van der Waals surface area contributed by atoms with Crippen LogP contribution >= 0.6 is 0 Å². The molecule has 0 radical (unpaired) electrons. The molecule has 1 aromatic carbocycles. The van der Waals surface area contributed by atoms with E-state index < -0.39 is 6.23 Å². The fourth-order valence-electron chi connectivity index (χ4n) is 4.31. The van der Waals surface area contributed by atoms with Crippen LogP contribution in [0, 0.1) is 0 Å². The number of ether oxygens (including phenoxy) is 1. The summed E-state index contributed by atoms with van der Waals surface area (Å²) in [6.07, 6.45) is 1.15. The lowest BCUT2D eigenvalue weighted by molar-refractivity contribution is -0.00139. The maximum atomic E-state index is 13.0. The highest BCUT2D eigenvalue weighted by Gasteiger charge is 2.47. The lowest BCUT2D eigenvalue weighted by Crippen LogP contribution is -2.67. The largest absolute Gasteiger partial charge is 0.471 e. The second-order valence-electron chi connectivity index (χ2n) is 9.06. The lowest BCUT2D eigenvalue weighted by Gasteiger charge is -2.54. The zero-order chi connectivity index (χ0) is 19.7. The van der Waals surface area contributed by atoms with Crippen molar-refractivity contribution in [3.63, 3.8) is 0 Å². The van der Waals surface area contributed by atoms with Gasteiger partial charge in [0.05, 0.1) is 0 Å². The molecular formula is C21H35N3O2. The average molecular weight is 362 g/mol. The van der Waals surface area contributed by atoms with Gasteiger partial charge in [0, 0.05) is 17.1 Å². The highest BCUT2D eigenvalue weighted by atomic mass is 16.5. The molecule has 3 N–H and O–H groups in total. The molecule has 2 rings (SSSR count). The molecule has 0 spiro atoms. The highest BCUT2D eigenvalue weighted by molar-refractivity contribution is 5.76. The van der Waals surface area contributed by atoms with Crippen molar-refractivity contribution in [3.05, 3.63) is 29.8 Å². The molecule has 26 heavy (non-hydrogen) atoms. The van der Waals surface area contributed by atoms with Gasteiger partial charge in [-0.1, -0.05) is 26.0 Å². The van der Waals surface area contributed by atoms with Gasteiger partial charge in [-0.05, 0) is 71.1 Å². The highest BCUT2D eigenvalue weighted by Crippen LogP contribution is 2.37. The first-order valence-corrected chi connectivity index (χ1v) is 9.55. The zero-order valence-electron chi connectivity index (χ0n) is 17.3. The Hall–Kier alpha value is -1.75. The van der Waals surface area contributed by atoms with E-state index >= 15 is 0 Å². The van der Waals surface area contributed by atoms with Crippen molar-refractivity contribution in [2.45, 2.75) is 90.6 Å². The Morgan fingerprint density at radius 2 is 1.62 bits per heavy atom. The summed E-state index contributed by atoms with van der Waals surface area (Å²) < 4.78 is 5.88. The van der Waals surface area contributed by atoms with Gasteiger partial charge < -0.3 is 20.7 Å². The molecule has 0 aliphatic carbocycles. The number of hydrogen-bond donors (Lipinski definition) is 2. The van der Waals surface area contributed by atoms with Crippen LogP contribution in [0.5, 0.6) is 5.75 Å². The number of hydrogen-bond acceptors (Lipinski definition) is 3. The van der Waals surface area contributed by atoms with Crippen LogP contribution in [0.15, 0.2) is 24.3 Å². The van der Waals surface area contributed by atoms with Gasteiger partial charge in [-0.2, -0.15) is 0 Å². The van der Waals surface area contributed by atoms with Crippen LogP contribution in [0.2, 0.25) is 0 Å². The molecular weight excluding hydrogens is 326 g/mol. The number of rotatable bonds is 4. The minimum absolute atomic E-state index is 0.109. The third-order valence-electron chi connectivity index (χ3n) is 5.12. The number of urea groups is 1. The normalized spacial score (nSPS) is 20.7. The monoisotopic (exact) mass is 361 g/mol. The van der Waals surface area contributed by atoms with E-state index in [9.17, 15) is 4.79 Å². The number of likely N-dealkylation sites (tertiary alicyclic amines) is 1. The molecule has 1 aromatic rings. The van der Waals surface area contributed by atoms with Crippen LogP contribution < -0.4 is 15.8 Å². The number of nitrogens with two attached hydrogens (primary N) is 1. The summed E-state index contributed by atoms with van der Waals surface area (Å²) in [5.41, 5.74) is 6.86. The molecule has 2 amide bonds. The predicted molar refractivity (Wildman–Crippen MR) is 106 cm³/mol. The Morgan fingerprint density at radius 3 is 2.08 bits per heavy atom. The van der Waals surface area contributed by atoms with Crippen molar-refractivity contribution in [2.75, 3.05) is 0 Å². The molecule has 0 aromatic heterocycles. The van der Waals surface area contributed by atoms with Crippen molar-refractivity contribution < 1.29 is 9.53 Å². The van der Waals surface area contributed by atoms with Gasteiger partial charge in [0.2, 0.25) is 0 Å². The molecule has 1 unspecified atom stereocenters. The van der Waals surface area contributed by atoms with E-state index in [1.807, 2.05) is 24.0 Å². The molecule has 5 nitrogen and oxygen atoms in total.